The molecule has 140 valence electrons. The van der Waals surface area contributed by atoms with Gasteiger partial charge in [-0.3, -0.25) is 19.3 Å². The molecular formula is C22H24N2O3. The van der Waals surface area contributed by atoms with Gasteiger partial charge in [0.25, 0.3) is 11.8 Å². The lowest BCUT2D eigenvalue weighted by molar-refractivity contribution is -0.130. The summed E-state index contributed by atoms with van der Waals surface area (Å²) in [5, 5.41) is 0. The molecule has 0 saturated heterocycles. The van der Waals surface area contributed by atoms with Crippen molar-refractivity contribution in [1.29, 1.82) is 0 Å². The summed E-state index contributed by atoms with van der Waals surface area (Å²) < 4.78 is 0. The molecule has 3 amide bonds. The van der Waals surface area contributed by atoms with Gasteiger partial charge in [0, 0.05) is 26.6 Å². The van der Waals surface area contributed by atoms with E-state index in [9.17, 15) is 14.4 Å². The summed E-state index contributed by atoms with van der Waals surface area (Å²) in [6, 6.07) is 16.8. The highest BCUT2D eigenvalue weighted by molar-refractivity contribution is 6.21. The van der Waals surface area contributed by atoms with Crippen LogP contribution in [-0.4, -0.2) is 41.1 Å². The monoisotopic (exact) mass is 364 g/mol. The maximum atomic E-state index is 12.3. The Bertz CT molecular complexity index is 797. The molecule has 5 heteroatoms. The predicted molar refractivity (Wildman–Crippen MR) is 103 cm³/mol. The number of hydrogen-bond donors (Lipinski definition) is 0. The Labute approximate surface area is 159 Å². The summed E-state index contributed by atoms with van der Waals surface area (Å²) in [5.41, 5.74) is 2.08. The third kappa shape index (κ3) is 4.42. The highest BCUT2D eigenvalue weighted by Crippen LogP contribution is 2.22. The molecule has 0 unspecified atom stereocenters. The first-order chi connectivity index (χ1) is 13.1. The molecule has 5 nitrogen and oxygen atoms in total. The van der Waals surface area contributed by atoms with Gasteiger partial charge >= 0.3 is 0 Å². The largest absolute Gasteiger partial charge is 0.341 e. The summed E-state index contributed by atoms with van der Waals surface area (Å²) in [6.45, 7) is 1.01. The number of fused-ring (bicyclic) bond motifs is 1. The van der Waals surface area contributed by atoms with Crippen molar-refractivity contribution in [3.63, 3.8) is 0 Å². The van der Waals surface area contributed by atoms with Gasteiger partial charge in [0.1, 0.15) is 0 Å². The van der Waals surface area contributed by atoms with E-state index in [4.69, 9.17) is 0 Å². The number of amides is 3. The van der Waals surface area contributed by atoms with E-state index >= 15 is 0 Å². The van der Waals surface area contributed by atoms with Gasteiger partial charge in [-0.15, -0.1) is 0 Å². The molecule has 0 aliphatic carbocycles. The number of unbranched alkanes of at least 4 members (excludes halogenated alkanes) is 2. The summed E-state index contributed by atoms with van der Waals surface area (Å²) in [5.74, 6) is -0.317. The average Bonchev–Trinajstić information content (AvgIpc) is 2.93. The number of benzene rings is 2. The van der Waals surface area contributed by atoms with E-state index in [-0.39, 0.29) is 17.7 Å². The van der Waals surface area contributed by atoms with Crippen molar-refractivity contribution >= 4 is 17.7 Å². The number of hydrogen-bond acceptors (Lipinski definition) is 3. The van der Waals surface area contributed by atoms with Gasteiger partial charge < -0.3 is 4.90 Å². The molecule has 0 bridgehead atoms. The molecule has 2 aromatic carbocycles. The highest BCUT2D eigenvalue weighted by atomic mass is 16.2. The summed E-state index contributed by atoms with van der Waals surface area (Å²) in [6.07, 6.45) is 2.74. The fourth-order valence-corrected chi connectivity index (χ4v) is 3.30. The zero-order chi connectivity index (χ0) is 19.2. The van der Waals surface area contributed by atoms with Gasteiger partial charge in [-0.1, -0.05) is 48.9 Å². The number of rotatable bonds is 8. The third-order valence-corrected chi connectivity index (χ3v) is 4.84. The van der Waals surface area contributed by atoms with E-state index in [1.54, 1.807) is 29.2 Å². The van der Waals surface area contributed by atoms with Gasteiger partial charge in [0.05, 0.1) is 11.1 Å². The Morgan fingerprint density at radius 2 is 1.44 bits per heavy atom. The fourth-order valence-electron chi connectivity index (χ4n) is 3.30. The zero-order valence-corrected chi connectivity index (χ0v) is 15.6. The molecule has 0 N–H and O–H groups in total. The van der Waals surface area contributed by atoms with E-state index in [0.717, 1.165) is 18.4 Å². The maximum absolute atomic E-state index is 12.3. The SMILES string of the molecule is CN(Cc1ccccc1)C(=O)CCCCCN1C(=O)c2ccccc2C1=O. The van der Waals surface area contributed by atoms with Crippen molar-refractivity contribution in [2.24, 2.45) is 0 Å². The van der Waals surface area contributed by atoms with Crippen LogP contribution in [0.25, 0.3) is 0 Å². The lowest BCUT2D eigenvalue weighted by atomic mass is 10.1. The Balaban J connectivity index is 1.38. The van der Waals surface area contributed by atoms with E-state index in [0.29, 0.717) is 37.1 Å². The molecule has 0 fully saturated rings. The molecule has 0 aromatic heterocycles. The third-order valence-electron chi connectivity index (χ3n) is 4.84. The topological polar surface area (TPSA) is 57.7 Å². The van der Waals surface area contributed by atoms with Gasteiger partial charge in [0.2, 0.25) is 5.91 Å². The van der Waals surface area contributed by atoms with Gasteiger partial charge in [-0.05, 0) is 30.5 Å². The van der Waals surface area contributed by atoms with Crippen LogP contribution in [0.5, 0.6) is 0 Å². The molecule has 1 aliphatic rings. The molecule has 0 spiro atoms. The lowest BCUT2D eigenvalue weighted by Gasteiger charge is -2.17. The number of nitrogens with zero attached hydrogens (tertiary/aromatic N) is 2. The summed E-state index contributed by atoms with van der Waals surface area (Å²) in [7, 11) is 1.81. The summed E-state index contributed by atoms with van der Waals surface area (Å²) in [4.78, 5) is 39.8. The molecular weight excluding hydrogens is 340 g/mol. The van der Waals surface area contributed by atoms with Crippen molar-refractivity contribution in [2.45, 2.75) is 32.2 Å². The Morgan fingerprint density at radius 1 is 0.852 bits per heavy atom. The second-order valence-electron chi connectivity index (χ2n) is 6.85. The normalized spacial score (nSPS) is 13.0. The number of carbonyl (C=O) groups is 3. The first-order valence-corrected chi connectivity index (χ1v) is 9.31. The first kappa shape index (κ1) is 18.8. The van der Waals surface area contributed by atoms with Crippen LogP contribution in [0.4, 0.5) is 0 Å². The van der Waals surface area contributed by atoms with Crippen LogP contribution in [0.3, 0.4) is 0 Å². The minimum Gasteiger partial charge on any atom is -0.341 e. The van der Waals surface area contributed by atoms with E-state index in [2.05, 4.69) is 0 Å². The molecule has 0 atom stereocenters. The predicted octanol–water partition coefficient (Wildman–Crippen LogP) is 3.50. The molecule has 3 rings (SSSR count). The second-order valence-corrected chi connectivity index (χ2v) is 6.85. The smallest absolute Gasteiger partial charge is 0.261 e. The minimum absolute atomic E-state index is 0.111. The van der Waals surface area contributed by atoms with Gasteiger partial charge in [0.15, 0.2) is 0 Å². The van der Waals surface area contributed by atoms with Gasteiger partial charge in [-0.2, -0.15) is 0 Å². The molecule has 1 heterocycles. The van der Waals surface area contributed by atoms with Crippen molar-refractivity contribution in [3.05, 3.63) is 71.3 Å². The molecule has 0 radical (unpaired) electrons. The van der Waals surface area contributed by atoms with Crippen LogP contribution in [0.15, 0.2) is 54.6 Å². The van der Waals surface area contributed by atoms with Gasteiger partial charge in [-0.25, -0.2) is 0 Å². The lowest BCUT2D eigenvalue weighted by Crippen LogP contribution is -2.30. The van der Waals surface area contributed by atoms with Crippen LogP contribution in [-0.2, 0) is 11.3 Å². The van der Waals surface area contributed by atoms with Crippen molar-refractivity contribution in [2.75, 3.05) is 13.6 Å². The molecule has 0 saturated carbocycles. The average molecular weight is 364 g/mol. The van der Waals surface area contributed by atoms with E-state index < -0.39 is 0 Å². The van der Waals surface area contributed by atoms with E-state index in [1.807, 2.05) is 37.4 Å². The van der Waals surface area contributed by atoms with Crippen LogP contribution in [0, 0.1) is 0 Å². The van der Waals surface area contributed by atoms with Crippen molar-refractivity contribution in [1.82, 2.24) is 9.80 Å². The van der Waals surface area contributed by atoms with Crippen LogP contribution >= 0.6 is 0 Å². The van der Waals surface area contributed by atoms with Crippen LogP contribution < -0.4 is 0 Å². The second kappa shape index (κ2) is 8.62. The molecule has 1 aliphatic heterocycles. The number of imide groups is 1. The van der Waals surface area contributed by atoms with Crippen molar-refractivity contribution in [3.8, 4) is 0 Å². The minimum atomic E-state index is -0.214. The van der Waals surface area contributed by atoms with Crippen LogP contribution in [0.2, 0.25) is 0 Å². The Morgan fingerprint density at radius 3 is 2.07 bits per heavy atom. The zero-order valence-electron chi connectivity index (χ0n) is 15.6. The maximum Gasteiger partial charge on any atom is 0.261 e. The Kier molecular flexibility index (Phi) is 6.01. The first-order valence-electron chi connectivity index (χ1n) is 9.31. The highest BCUT2D eigenvalue weighted by Gasteiger charge is 2.34. The molecule has 27 heavy (non-hydrogen) atoms. The standard InChI is InChI=1S/C22H24N2O3/c1-23(16-17-10-4-2-5-11-17)20(25)14-6-3-9-15-24-21(26)18-12-7-8-13-19(18)22(24)27/h2,4-5,7-8,10-13H,3,6,9,14-16H2,1H3. The van der Waals surface area contributed by atoms with Crippen molar-refractivity contribution < 1.29 is 14.4 Å². The van der Waals surface area contributed by atoms with Crippen LogP contribution in [0.1, 0.15) is 52.0 Å². The van der Waals surface area contributed by atoms with E-state index in [1.165, 1.54) is 4.90 Å². The Hall–Kier alpha value is -2.95. The number of carbonyl (C=O) groups excluding carboxylic acids is 3. The summed E-state index contributed by atoms with van der Waals surface area (Å²) >= 11 is 0. The fraction of sp³-hybridized carbons (Fsp3) is 0.318. The quantitative estimate of drug-likeness (QED) is 0.532. The molecule has 2 aromatic rings.